The largest absolute Gasteiger partial charge is 0.447 e. The molecule has 1 fully saturated rings. The maximum Gasteiger partial charge on any atom is 0.414 e. The standard InChI is InChI=1S/C20H24N4O3/c1-12(18-13(2)21-22-14(18)3)19(25)23-8-7-16-15(11-23)5-4-6-17(16)24-9-10-27-20(24)26/h4-6,12H,7-11H2,1-3H3,(H,21,22). The summed E-state index contributed by atoms with van der Waals surface area (Å²) in [5.74, 6) is -0.124. The molecule has 1 aromatic carbocycles. The zero-order valence-electron chi connectivity index (χ0n) is 15.9. The van der Waals surface area contributed by atoms with Crippen molar-refractivity contribution in [2.75, 3.05) is 24.6 Å². The first-order chi connectivity index (χ1) is 13.0. The van der Waals surface area contributed by atoms with Crippen LogP contribution in [-0.2, 0) is 22.5 Å². The molecule has 7 nitrogen and oxygen atoms in total. The lowest BCUT2D eigenvalue weighted by Gasteiger charge is -2.33. The second-order valence-corrected chi connectivity index (χ2v) is 7.26. The number of carbonyl (C=O) groups excluding carboxylic acids is 2. The van der Waals surface area contributed by atoms with Crippen molar-refractivity contribution in [2.24, 2.45) is 0 Å². The molecule has 1 unspecified atom stereocenters. The highest BCUT2D eigenvalue weighted by Crippen LogP contribution is 2.32. The number of amides is 2. The molecule has 1 atom stereocenters. The fraction of sp³-hybridized carbons (Fsp3) is 0.450. The molecule has 1 aromatic heterocycles. The number of nitrogens with zero attached hydrogens (tertiary/aromatic N) is 3. The Hall–Kier alpha value is -2.83. The van der Waals surface area contributed by atoms with Crippen LogP contribution in [0.15, 0.2) is 18.2 Å². The maximum absolute atomic E-state index is 13.1. The van der Waals surface area contributed by atoms with Gasteiger partial charge in [-0.25, -0.2) is 4.79 Å². The molecule has 2 amide bonds. The SMILES string of the molecule is Cc1n[nH]c(C)c1C(C)C(=O)N1CCc2c(cccc2N2CCOC2=O)C1. The summed E-state index contributed by atoms with van der Waals surface area (Å²) in [4.78, 5) is 28.7. The van der Waals surface area contributed by atoms with Crippen LogP contribution in [0.2, 0.25) is 0 Å². The van der Waals surface area contributed by atoms with Gasteiger partial charge in [-0.3, -0.25) is 14.8 Å². The van der Waals surface area contributed by atoms with Crippen LogP contribution in [0.1, 0.15) is 40.9 Å². The van der Waals surface area contributed by atoms with E-state index in [4.69, 9.17) is 4.74 Å². The number of carbonyl (C=O) groups is 2. The van der Waals surface area contributed by atoms with Gasteiger partial charge in [0.2, 0.25) is 5.91 Å². The number of nitrogens with one attached hydrogen (secondary N) is 1. The monoisotopic (exact) mass is 368 g/mol. The molecule has 27 heavy (non-hydrogen) atoms. The molecular formula is C20H24N4O3. The van der Waals surface area contributed by atoms with Gasteiger partial charge in [0, 0.05) is 24.3 Å². The van der Waals surface area contributed by atoms with E-state index in [1.165, 1.54) is 0 Å². The molecule has 7 heteroatoms. The summed E-state index contributed by atoms with van der Waals surface area (Å²) in [6.07, 6.45) is 0.443. The molecule has 3 heterocycles. The van der Waals surface area contributed by atoms with Gasteiger partial charge >= 0.3 is 6.09 Å². The quantitative estimate of drug-likeness (QED) is 0.903. The van der Waals surface area contributed by atoms with Crippen LogP contribution in [0.5, 0.6) is 0 Å². The normalized spacial score (nSPS) is 17.7. The summed E-state index contributed by atoms with van der Waals surface area (Å²) >= 11 is 0. The second kappa shape index (κ2) is 6.72. The second-order valence-electron chi connectivity index (χ2n) is 7.26. The van der Waals surface area contributed by atoms with Crippen molar-refractivity contribution < 1.29 is 14.3 Å². The first-order valence-electron chi connectivity index (χ1n) is 9.32. The zero-order chi connectivity index (χ0) is 19.1. The highest BCUT2D eigenvalue weighted by atomic mass is 16.6. The highest BCUT2D eigenvalue weighted by molar-refractivity contribution is 5.91. The Morgan fingerprint density at radius 2 is 2.11 bits per heavy atom. The Balaban J connectivity index is 1.57. The molecule has 0 saturated carbocycles. The van der Waals surface area contributed by atoms with E-state index in [0.29, 0.717) is 26.2 Å². The number of rotatable bonds is 3. The number of anilines is 1. The van der Waals surface area contributed by atoms with Crippen LogP contribution in [0.4, 0.5) is 10.5 Å². The minimum Gasteiger partial charge on any atom is -0.447 e. The maximum atomic E-state index is 13.1. The van der Waals surface area contributed by atoms with E-state index in [-0.39, 0.29) is 17.9 Å². The van der Waals surface area contributed by atoms with Gasteiger partial charge in [0.05, 0.1) is 23.8 Å². The van der Waals surface area contributed by atoms with Gasteiger partial charge in [0.1, 0.15) is 6.61 Å². The summed E-state index contributed by atoms with van der Waals surface area (Å²) in [5, 5.41) is 7.18. The number of aryl methyl sites for hydroxylation is 2. The van der Waals surface area contributed by atoms with Crippen molar-refractivity contribution in [3.05, 3.63) is 46.3 Å². The lowest BCUT2D eigenvalue weighted by atomic mass is 9.93. The van der Waals surface area contributed by atoms with Crippen molar-refractivity contribution in [1.82, 2.24) is 15.1 Å². The fourth-order valence-corrected chi connectivity index (χ4v) is 4.24. The molecule has 142 valence electrons. The summed E-state index contributed by atoms with van der Waals surface area (Å²) < 4.78 is 5.08. The summed E-state index contributed by atoms with van der Waals surface area (Å²) in [6, 6.07) is 5.95. The van der Waals surface area contributed by atoms with E-state index in [0.717, 1.165) is 40.2 Å². The summed E-state index contributed by atoms with van der Waals surface area (Å²) in [7, 11) is 0. The van der Waals surface area contributed by atoms with Crippen LogP contribution < -0.4 is 4.90 Å². The van der Waals surface area contributed by atoms with E-state index in [9.17, 15) is 9.59 Å². The number of H-pyrrole nitrogens is 1. The van der Waals surface area contributed by atoms with Crippen molar-refractivity contribution in [3.63, 3.8) is 0 Å². The number of aromatic amines is 1. The molecule has 0 spiro atoms. The van der Waals surface area contributed by atoms with Crippen molar-refractivity contribution in [1.29, 1.82) is 0 Å². The van der Waals surface area contributed by atoms with Gasteiger partial charge in [0.15, 0.2) is 0 Å². The number of ether oxygens (including phenoxy) is 1. The van der Waals surface area contributed by atoms with Gasteiger partial charge in [-0.2, -0.15) is 5.10 Å². The van der Waals surface area contributed by atoms with Gasteiger partial charge < -0.3 is 9.64 Å². The van der Waals surface area contributed by atoms with E-state index in [1.54, 1.807) is 4.90 Å². The Morgan fingerprint density at radius 1 is 1.30 bits per heavy atom. The predicted molar refractivity (Wildman–Crippen MR) is 101 cm³/mol. The third-order valence-corrected chi connectivity index (χ3v) is 5.59. The average molecular weight is 368 g/mol. The Morgan fingerprint density at radius 3 is 2.78 bits per heavy atom. The van der Waals surface area contributed by atoms with Crippen LogP contribution >= 0.6 is 0 Å². The topological polar surface area (TPSA) is 78.5 Å². The summed E-state index contributed by atoms with van der Waals surface area (Å²) in [6.45, 7) is 8.03. The van der Waals surface area contributed by atoms with E-state index >= 15 is 0 Å². The highest BCUT2D eigenvalue weighted by Gasteiger charge is 2.31. The minimum atomic E-state index is -0.290. The average Bonchev–Trinajstić information content (AvgIpc) is 3.24. The van der Waals surface area contributed by atoms with Crippen LogP contribution in [0.3, 0.4) is 0 Å². The summed E-state index contributed by atoms with van der Waals surface area (Å²) in [5.41, 5.74) is 5.96. The lowest BCUT2D eigenvalue weighted by Crippen LogP contribution is -2.39. The molecular weight excluding hydrogens is 344 g/mol. The first kappa shape index (κ1) is 17.6. The minimum absolute atomic E-state index is 0.110. The van der Waals surface area contributed by atoms with E-state index in [2.05, 4.69) is 10.2 Å². The van der Waals surface area contributed by atoms with Crippen LogP contribution in [0, 0.1) is 13.8 Å². The number of aromatic nitrogens is 2. The van der Waals surface area contributed by atoms with Crippen molar-refractivity contribution in [2.45, 2.75) is 39.7 Å². The molecule has 1 N–H and O–H groups in total. The fourth-order valence-electron chi connectivity index (χ4n) is 4.24. The number of hydrogen-bond acceptors (Lipinski definition) is 4. The van der Waals surface area contributed by atoms with E-state index in [1.807, 2.05) is 43.9 Å². The number of benzene rings is 1. The van der Waals surface area contributed by atoms with Crippen LogP contribution in [0.25, 0.3) is 0 Å². The molecule has 0 bridgehead atoms. The van der Waals surface area contributed by atoms with Crippen molar-refractivity contribution in [3.8, 4) is 0 Å². The first-order valence-corrected chi connectivity index (χ1v) is 9.32. The molecule has 2 aromatic rings. The third-order valence-electron chi connectivity index (χ3n) is 5.59. The van der Waals surface area contributed by atoms with Gasteiger partial charge in [-0.05, 0) is 44.4 Å². The van der Waals surface area contributed by atoms with Gasteiger partial charge in [-0.15, -0.1) is 0 Å². The Bertz CT molecular complexity index is 885. The number of fused-ring (bicyclic) bond motifs is 1. The lowest BCUT2D eigenvalue weighted by molar-refractivity contribution is -0.133. The predicted octanol–water partition coefficient (Wildman–Crippen LogP) is 2.67. The van der Waals surface area contributed by atoms with E-state index < -0.39 is 0 Å². The molecule has 2 aliphatic heterocycles. The number of cyclic esters (lactones) is 1. The molecule has 2 aliphatic rings. The molecule has 0 radical (unpaired) electrons. The molecule has 0 aliphatic carbocycles. The van der Waals surface area contributed by atoms with Gasteiger partial charge in [0.25, 0.3) is 0 Å². The smallest absolute Gasteiger partial charge is 0.414 e. The Labute approximate surface area is 158 Å². The van der Waals surface area contributed by atoms with Crippen molar-refractivity contribution >= 4 is 17.7 Å². The Kier molecular flexibility index (Phi) is 4.37. The van der Waals surface area contributed by atoms with Gasteiger partial charge in [-0.1, -0.05) is 12.1 Å². The van der Waals surface area contributed by atoms with Crippen LogP contribution in [-0.4, -0.2) is 46.8 Å². The third kappa shape index (κ3) is 2.97. The molecule has 4 rings (SSSR count). The molecule has 1 saturated heterocycles. The zero-order valence-corrected chi connectivity index (χ0v) is 15.9. The number of hydrogen-bond donors (Lipinski definition) is 1.